The van der Waals surface area contributed by atoms with E-state index in [0.717, 1.165) is 35.4 Å². The number of hydrogen-bond acceptors (Lipinski definition) is 4. The molecule has 0 bridgehead atoms. The van der Waals surface area contributed by atoms with E-state index in [1.54, 1.807) is 0 Å². The Balaban J connectivity index is 1.68. The average Bonchev–Trinajstić information content (AvgIpc) is 2.78. The molecule has 2 heterocycles. The molecule has 1 fully saturated rings. The van der Waals surface area contributed by atoms with Crippen LogP contribution in [0.2, 0.25) is 5.02 Å². The molecular weight excluding hydrogens is 262 g/mol. The van der Waals surface area contributed by atoms with Gasteiger partial charge in [0.25, 0.3) is 0 Å². The summed E-state index contributed by atoms with van der Waals surface area (Å²) in [4.78, 5) is 4.49. The molecule has 1 atom stereocenters. The third-order valence-corrected chi connectivity index (χ3v) is 3.92. The van der Waals surface area contributed by atoms with Crippen molar-refractivity contribution >= 4 is 11.6 Å². The highest BCUT2D eigenvalue weighted by molar-refractivity contribution is 6.30. The predicted molar refractivity (Wildman–Crippen MR) is 73.3 cm³/mol. The molecule has 0 saturated carbocycles. The molecule has 0 spiro atoms. The van der Waals surface area contributed by atoms with Crippen molar-refractivity contribution in [3.63, 3.8) is 0 Å². The zero-order chi connectivity index (χ0) is 13.2. The highest BCUT2D eigenvalue weighted by Crippen LogP contribution is 2.25. The van der Waals surface area contributed by atoms with E-state index in [0.29, 0.717) is 18.3 Å². The lowest BCUT2D eigenvalue weighted by Crippen LogP contribution is -2.44. The Kier molecular flexibility index (Phi) is 3.53. The molecule has 1 aliphatic rings. The fraction of sp³-hybridized carbons (Fsp3) is 0.429. The lowest BCUT2D eigenvalue weighted by Gasteiger charge is -2.30. The van der Waals surface area contributed by atoms with Crippen LogP contribution in [-0.4, -0.2) is 23.2 Å². The van der Waals surface area contributed by atoms with Gasteiger partial charge in [-0.2, -0.15) is 4.98 Å². The predicted octanol–water partition coefficient (Wildman–Crippen LogP) is 2.64. The van der Waals surface area contributed by atoms with Crippen LogP contribution in [0.25, 0.3) is 0 Å². The SMILES string of the molecule is CC(c1nc(Cc2ccc(Cl)cc2)no1)C1CNC1. The van der Waals surface area contributed by atoms with Crippen molar-refractivity contribution in [1.82, 2.24) is 15.5 Å². The van der Waals surface area contributed by atoms with Crippen LogP contribution in [0, 0.1) is 5.92 Å². The summed E-state index contributed by atoms with van der Waals surface area (Å²) >= 11 is 5.86. The number of nitrogens with one attached hydrogen (secondary N) is 1. The summed E-state index contributed by atoms with van der Waals surface area (Å²) in [5.74, 6) is 2.42. The molecular formula is C14H16ClN3O. The third kappa shape index (κ3) is 2.80. The van der Waals surface area contributed by atoms with Gasteiger partial charge in [-0.05, 0) is 36.7 Å². The highest BCUT2D eigenvalue weighted by atomic mass is 35.5. The van der Waals surface area contributed by atoms with Gasteiger partial charge in [0.1, 0.15) is 0 Å². The van der Waals surface area contributed by atoms with E-state index in [1.807, 2.05) is 24.3 Å². The van der Waals surface area contributed by atoms with Crippen molar-refractivity contribution in [1.29, 1.82) is 0 Å². The van der Waals surface area contributed by atoms with Gasteiger partial charge in [0.15, 0.2) is 5.82 Å². The first kappa shape index (κ1) is 12.6. The Morgan fingerprint density at radius 1 is 1.37 bits per heavy atom. The van der Waals surface area contributed by atoms with Gasteiger partial charge in [-0.25, -0.2) is 0 Å². The van der Waals surface area contributed by atoms with Crippen LogP contribution in [0.4, 0.5) is 0 Å². The van der Waals surface area contributed by atoms with Gasteiger partial charge in [-0.15, -0.1) is 0 Å². The standard InChI is InChI=1S/C14H16ClN3O/c1-9(11-7-16-8-11)14-17-13(18-19-14)6-10-2-4-12(15)5-3-10/h2-5,9,11,16H,6-8H2,1H3. The summed E-state index contributed by atoms with van der Waals surface area (Å²) in [5, 5.41) is 8.06. The van der Waals surface area contributed by atoms with Crippen molar-refractivity contribution in [3.8, 4) is 0 Å². The highest BCUT2D eigenvalue weighted by Gasteiger charge is 2.28. The number of rotatable bonds is 4. The Morgan fingerprint density at radius 2 is 2.11 bits per heavy atom. The molecule has 2 aromatic rings. The first-order valence-corrected chi connectivity index (χ1v) is 6.88. The van der Waals surface area contributed by atoms with E-state index in [9.17, 15) is 0 Å². The van der Waals surface area contributed by atoms with Crippen LogP contribution >= 0.6 is 11.6 Å². The summed E-state index contributed by atoms with van der Waals surface area (Å²) in [7, 11) is 0. The van der Waals surface area contributed by atoms with Gasteiger partial charge in [0.2, 0.25) is 5.89 Å². The van der Waals surface area contributed by atoms with Crippen molar-refractivity contribution in [3.05, 3.63) is 46.6 Å². The fourth-order valence-electron chi connectivity index (χ4n) is 2.18. The summed E-state index contributed by atoms with van der Waals surface area (Å²) in [6.45, 7) is 4.22. The number of benzene rings is 1. The number of aromatic nitrogens is 2. The number of nitrogens with zero attached hydrogens (tertiary/aromatic N) is 2. The van der Waals surface area contributed by atoms with Crippen molar-refractivity contribution in [2.45, 2.75) is 19.3 Å². The molecule has 0 aliphatic carbocycles. The van der Waals surface area contributed by atoms with Crippen LogP contribution in [-0.2, 0) is 6.42 Å². The molecule has 4 nitrogen and oxygen atoms in total. The van der Waals surface area contributed by atoms with E-state index in [1.165, 1.54) is 0 Å². The first-order chi connectivity index (χ1) is 9.22. The second-order valence-electron chi connectivity index (χ2n) is 5.06. The summed E-state index contributed by atoms with van der Waals surface area (Å²) < 4.78 is 5.36. The van der Waals surface area contributed by atoms with Crippen LogP contribution in [0.1, 0.15) is 30.1 Å². The molecule has 1 saturated heterocycles. The summed E-state index contributed by atoms with van der Waals surface area (Å²) in [5.41, 5.74) is 1.13. The van der Waals surface area contributed by atoms with Crippen LogP contribution < -0.4 is 5.32 Å². The first-order valence-electron chi connectivity index (χ1n) is 6.50. The van der Waals surface area contributed by atoms with Gasteiger partial charge in [-0.3, -0.25) is 0 Å². The lowest BCUT2D eigenvalue weighted by atomic mass is 9.89. The minimum atomic E-state index is 0.327. The van der Waals surface area contributed by atoms with Gasteiger partial charge >= 0.3 is 0 Å². The quantitative estimate of drug-likeness (QED) is 0.933. The summed E-state index contributed by atoms with van der Waals surface area (Å²) in [6, 6.07) is 7.72. The minimum Gasteiger partial charge on any atom is -0.339 e. The molecule has 0 radical (unpaired) electrons. The molecule has 5 heteroatoms. The molecule has 100 valence electrons. The molecule has 1 aliphatic heterocycles. The van der Waals surface area contributed by atoms with Gasteiger partial charge in [0.05, 0.1) is 0 Å². The third-order valence-electron chi connectivity index (χ3n) is 3.67. The Hall–Kier alpha value is -1.39. The second-order valence-corrected chi connectivity index (χ2v) is 5.50. The van der Waals surface area contributed by atoms with E-state index in [4.69, 9.17) is 16.1 Å². The van der Waals surface area contributed by atoms with Crippen molar-refractivity contribution < 1.29 is 4.52 Å². The molecule has 19 heavy (non-hydrogen) atoms. The Morgan fingerprint density at radius 3 is 2.74 bits per heavy atom. The topological polar surface area (TPSA) is 51.0 Å². The zero-order valence-electron chi connectivity index (χ0n) is 10.8. The van der Waals surface area contributed by atoms with E-state index in [-0.39, 0.29) is 0 Å². The largest absolute Gasteiger partial charge is 0.339 e. The normalized spacial score (nSPS) is 17.2. The molecule has 1 unspecified atom stereocenters. The van der Waals surface area contributed by atoms with Gasteiger partial charge in [0, 0.05) is 17.4 Å². The Labute approximate surface area is 117 Å². The monoisotopic (exact) mass is 277 g/mol. The molecule has 1 N–H and O–H groups in total. The molecule has 1 aromatic heterocycles. The zero-order valence-corrected chi connectivity index (χ0v) is 11.5. The van der Waals surface area contributed by atoms with Gasteiger partial charge < -0.3 is 9.84 Å². The summed E-state index contributed by atoms with van der Waals surface area (Å²) in [6.07, 6.45) is 0.677. The fourth-order valence-corrected chi connectivity index (χ4v) is 2.30. The molecule has 1 aromatic carbocycles. The van der Waals surface area contributed by atoms with Crippen LogP contribution in [0.5, 0.6) is 0 Å². The van der Waals surface area contributed by atoms with Crippen molar-refractivity contribution in [2.75, 3.05) is 13.1 Å². The van der Waals surface area contributed by atoms with E-state index in [2.05, 4.69) is 22.4 Å². The number of hydrogen-bond donors (Lipinski definition) is 1. The maximum Gasteiger partial charge on any atom is 0.229 e. The van der Waals surface area contributed by atoms with Crippen LogP contribution in [0.15, 0.2) is 28.8 Å². The smallest absolute Gasteiger partial charge is 0.229 e. The average molecular weight is 278 g/mol. The molecule has 3 rings (SSSR count). The van der Waals surface area contributed by atoms with Gasteiger partial charge in [-0.1, -0.05) is 35.8 Å². The number of halogens is 1. The second kappa shape index (κ2) is 5.31. The van der Waals surface area contributed by atoms with Crippen LogP contribution in [0.3, 0.4) is 0 Å². The lowest BCUT2D eigenvalue weighted by molar-refractivity contribution is 0.252. The molecule has 0 amide bonds. The Bertz CT molecular complexity index is 548. The minimum absolute atomic E-state index is 0.327. The maximum atomic E-state index is 5.86. The van der Waals surface area contributed by atoms with E-state index >= 15 is 0 Å². The van der Waals surface area contributed by atoms with Crippen molar-refractivity contribution in [2.24, 2.45) is 5.92 Å². The van der Waals surface area contributed by atoms with E-state index < -0.39 is 0 Å². The maximum absolute atomic E-state index is 5.86.